The quantitative estimate of drug-likeness (QED) is 0.459. The van der Waals surface area contributed by atoms with Crippen molar-refractivity contribution in [2.45, 2.75) is 0 Å². The fourth-order valence-electron chi connectivity index (χ4n) is 4.04. The average Bonchev–Trinajstić information content (AvgIpc) is 3.33. The molecule has 34 heavy (non-hydrogen) atoms. The number of methoxy groups -OCH3 is 1. The molecule has 1 N–H and O–H groups in total. The average molecular weight is 458 g/mol. The van der Waals surface area contributed by atoms with Gasteiger partial charge in [0.05, 0.1) is 31.7 Å². The van der Waals surface area contributed by atoms with E-state index in [0.29, 0.717) is 23.6 Å². The number of morpholine rings is 1. The molecule has 0 bridgehead atoms. The Bertz CT molecular complexity index is 1270. The van der Waals surface area contributed by atoms with Crippen LogP contribution in [0.15, 0.2) is 66.7 Å². The molecule has 1 saturated heterocycles. The molecule has 2 aromatic heterocycles. The maximum absolute atomic E-state index is 13.3. The van der Waals surface area contributed by atoms with E-state index >= 15 is 0 Å². The summed E-state index contributed by atoms with van der Waals surface area (Å²) in [5.41, 5.74) is 4.40. The van der Waals surface area contributed by atoms with Gasteiger partial charge in [0.2, 0.25) is 0 Å². The Morgan fingerprint density at radius 3 is 2.47 bits per heavy atom. The molecule has 1 aliphatic rings. The Balaban J connectivity index is 1.47. The summed E-state index contributed by atoms with van der Waals surface area (Å²) in [7, 11) is 1.63. The monoisotopic (exact) mass is 457 g/mol. The molecule has 4 aromatic rings. The van der Waals surface area contributed by atoms with Crippen molar-refractivity contribution in [1.82, 2.24) is 24.8 Å². The van der Waals surface area contributed by atoms with Crippen molar-refractivity contribution in [1.29, 1.82) is 0 Å². The van der Waals surface area contributed by atoms with Crippen LogP contribution in [0.1, 0.15) is 10.5 Å². The van der Waals surface area contributed by atoms with Gasteiger partial charge in [-0.2, -0.15) is 5.10 Å². The highest BCUT2D eigenvalue weighted by Gasteiger charge is 2.18. The maximum atomic E-state index is 13.3. The predicted molar refractivity (Wildman–Crippen MR) is 130 cm³/mol. The first-order chi connectivity index (χ1) is 16.7. The topological polar surface area (TPSA) is 81.0 Å². The molecule has 8 nitrogen and oxygen atoms in total. The molecule has 0 saturated carbocycles. The van der Waals surface area contributed by atoms with Gasteiger partial charge in [-0.3, -0.25) is 9.69 Å². The zero-order valence-corrected chi connectivity index (χ0v) is 19.1. The first kappa shape index (κ1) is 22.1. The normalized spacial score (nSPS) is 14.3. The molecule has 0 unspecified atom stereocenters. The largest absolute Gasteiger partial charge is 0.497 e. The number of carbonyl (C=O) groups excluding carboxylic acids is 1. The van der Waals surface area contributed by atoms with E-state index in [0.717, 1.165) is 55.4 Å². The minimum Gasteiger partial charge on any atom is -0.497 e. The molecule has 5 rings (SSSR count). The number of nitrogens with one attached hydrogen (secondary N) is 1. The lowest BCUT2D eigenvalue weighted by molar-refractivity contribution is 0.0383. The van der Waals surface area contributed by atoms with Crippen molar-refractivity contribution >= 4 is 11.6 Å². The van der Waals surface area contributed by atoms with E-state index in [4.69, 9.17) is 19.6 Å². The third kappa shape index (κ3) is 4.78. The third-order valence-corrected chi connectivity index (χ3v) is 5.93. The standard InChI is InChI=1S/C26H27N5O3/c1-33-21-9-7-20(8-10-21)22-17-24(26(32)27-11-12-30-13-15-34-16-14-30)31-25(28-22)18-23(29-31)19-5-3-2-4-6-19/h2-10,17-18H,11-16H2,1H3,(H,27,32). The number of hydrogen-bond acceptors (Lipinski definition) is 6. The molecule has 1 fully saturated rings. The minimum atomic E-state index is -0.182. The maximum Gasteiger partial charge on any atom is 0.270 e. The van der Waals surface area contributed by atoms with Gasteiger partial charge in [-0.05, 0) is 30.3 Å². The lowest BCUT2D eigenvalue weighted by atomic mass is 10.1. The fraction of sp³-hybridized carbons (Fsp3) is 0.269. The van der Waals surface area contributed by atoms with Crippen molar-refractivity contribution in [2.24, 2.45) is 0 Å². The van der Waals surface area contributed by atoms with Crippen LogP contribution in [0, 0.1) is 0 Å². The number of benzene rings is 2. The summed E-state index contributed by atoms with van der Waals surface area (Å²) in [5.74, 6) is 0.583. The Morgan fingerprint density at radius 1 is 1.00 bits per heavy atom. The number of aromatic nitrogens is 3. The molecule has 3 heterocycles. The van der Waals surface area contributed by atoms with Crippen LogP contribution < -0.4 is 10.1 Å². The van der Waals surface area contributed by atoms with E-state index in [2.05, 4.69) is 10.2 Å². The van der Waals surface area contributed by atoms with Crippen molar-refractivity contribution in [2.75, 3.05) is 46.5 Å². The van der Waals surface area contributed by atoms with Gasteiger partial charge in [0.15, 0.2) is 5.65 Å². The van der Waals surface area contributed by atoms with Crippen LogP contribution in [0.25, 0.3) is 28.2 Å². The molecule has 0 radical (unpaired) electrons. The first-order valence-corrected chi connectivity index (χ1v) is 11.4. The summed E-state index contributed by atoms with van der Waals surface area (Å²) in [6.45, 7) is 4.57. The summed E-state index contributed by atoms with van der Waals surface area (Å²) in [6, 6.07) is 21.2. The Labute approximate surface area is 198 Å². The highest BCUT2D eigenvalue weighted by atomic mass is 16.5. The molecule has 0 spiro atoms. The van der Waals surface area contributed by atoms with Gasteiger partial charge >= 0.3 is 0 Å². The number of fused-ring (bicyclic) bond motifs is 1. The fourth-order valence-corrected chi connectivity index (χ4v) is 4.04. The van der Waals surface area contributed by atoms with Gasteiger partial charge in [0.25, 0.3) is 5.91 Å². The second-order valence-corrected chi connectivity index (χ2v) is 8.13. The van der Waals surface area contributed by atoms with Crippen LogP contribution in [-0.4, -0.2) is 71.9 Å². The van der Waals surface area contributed by atoms with E-state index < -0.39 is 0 Å². The molecular weight excluding hydrogens is 430 g/mol. The van der Waals surface area contributed by atoms with Gasteiger partial charge in [0, 0.05) is 43.4 Å². The smallest absolute Gasteiger partial charge is 0.270 e. The summed E-state index contributed by atoms with van der Waals surface area (Å²) in [6.07, 6.45) is 0. The highest BCUT2D eigenvalue weighted by Crippen LogP contribution is 2.25. The summed E-state index contributed by atoms with van der Waals surface area (Å²) in [4.78, 5) is 20.4. The number of ether oxygens (including phenoxy) is 2. The Morgan fingerprint density at radius 2 is 1.74 bits per heavy atom. The van der Waals surface area contributed by atoms with Gasteiger partial charge in [0.1, 0.15) is 11.4 Å². The van der Waals surface area contributed by atoms with Crippen molar-refractivity contribution < 1.29 is 14.3 Å². The van der Waals surface area contributed by atoms with Crippen LogP contribution in [0.2, 0.25) is 0 Å². The summed E-state index contributed by atoms with van der Waals surface area (Å²) < 4.78 is 12.3. The van der Waals surface area contributed by atoms with Gasteiger partial charge < -0.3 is 14.8 Å². The summed E-state index contributed by atoms with van der Waals surface area (Å²) in [5, 5.41) is 7.76. The van der Waals surface area contributed by atoms with Crippen molar-refractivity contribution in [3.05, 3.63) is 72.4 Å². The van der Waals surface area contributed by atoms with E-state index in [9.17, 15) is 4.79 Å². The van der Waals surface area contributed by atoms with Crippen LogP contribution in [0.4, 0.5) is 0 Å². The van der Waals surface area contributed by atoms with Crippen LogP contribution in [-0.2, 0) is 4.74 Å². The second kappa shape index (κ2) is 10.0. The third-order valence-electron chi connectivity index (χ3n) is 5.93. The zero-order valence-electron chi connectivity index (χ0n) is 19.1. The molecule has 174 valence electrons. The number of hydrogen-bond donors (Lipinski definition) is 1. The predicted octanol–water partition coefficient (Wildman–Crippen LogP) is 3.13. The highest BCUT2D eigenvalue weighted by molar-refractivity contribution is 5.94. The van der Waals surface area contributed by atoms with Gasteiger partial charge in [-0.15, -0.1) is 0 Å². The SMILES string of the molecule is COc1ccc(-c2cc(C(=O)NCCN3CCOCC3)n3nc(-c4ccccc4)cc3n2)cc1. The van der Waals surface area contributed by atoms with Crippen LogP contribution in [0.3, 0.4) is 0 Å². The van der Waals surface area contributed by atoms with Crippen LogP contribution in [0.5, 0.6) is 5.75 Å². The minimum absolute atomic E-state index is 0.182. The molecule has 0 atom stereocenters. The first-order valence-electron chi connectivity index (χ1n) is 11.4. The molecule has 0 aliphatic carbocycles. The summed E-state index contributed by atoms with van der Waals surface area (Å²) >= 11 is 0. The van der Waals surface area contributed by atoms with E-state index in [1.165, 1.54) is 0 Å². The van der Waals surface area contributed by atoms with E-state index in [1.54, 1.807) is 17.7 Å². The molecule has 2 aromatic carbocycles. The number of carbonyl (C=O) groups is 1. The lowest BCUT2D eigenvalue weighted by Gasteiger charge is -2.26. The zero-order chi connectivity index (χ0) is 23.3. The second-order valence-electron chi connectivity index (χ2n) is 8.13. The Hall–Kier alpha value is -3.75. The number of nitrogens with zero attached hydrogens (tertiary/aromatic N) is 4. The molecule has 1 amide bonds. The van der Waals surface area contributed by atoms with Gasteiger partial charge in [-0.1, -0.05) is 30.3 Å². The van der Waals surface area contributed by atoms with Crippen molar-refractivity contribution in [3.8, 4) is 28.3 Å². The van der Waals surface area contributed by atoms with E-state index in [1.807, 2.05) is 60.7 Å². The molecule has 8 heteroatoms. The van der Waals surface area contributed by atoms with E-state index in [-0.39, 0.29) is 5.91 Å². The molecule has 1 aliphatic heterocycles. The number of rotatable bonds is 7. The Kier molecular flexibility index (Phi) is 6.51. The van der Waals surface area contributed by atoms with Crippen LogP contribution >= 0.6 is 0 Å². The van der Waals surface area contributed by atoms with Gasteiger partial charge in [-0.25, -0.2) is 9.50 Å². The lowest BCUT2D eigenvalue weighted by Crippen LogP contribution is -2.41. The number of amides is 1. The van der Waals surface area contributed by atoms with Crippen molar-refractivity contribution in [3.63, 3.8) is 0 Å². The molecular formula is C26H27N5O3.